The van der Waals surface area contributed by atoms with Crippen molar-refractivity contribution in [3.05, 3.63) is 35.9 Å². The zero-order valence-corrected chi connectivity index (χ0v) is 11.2. The summed E-state index contributed by atoms with van der Waals surface area (Å²) < 4.78 is 37.1. The van der Waals surface area contributed by atoms with Crippen molar-refractivity contribution in [3.63, 3.8) is 0 Å². The van der Waals surface area contributed by atoms with Crippen molar-refractivity contribution < 1.29 is 27.9 Å². The molecule has 116 valence electrons. The Morgan fingerprint density at radius 2 is 1.86 bits per heavy atom. The van der Waals surface area contributed by atoms with Crippen molar-refractivity contribution in [2.24, 2.45) is 0 Å². The molecule has 0 aromatic heterocycles. The fraction of sp³-hybridized carbons (Fsp3) is 0.385. The quantitative estimate of drug-likeness (QED) is 0.877. The van der Waals surface area contributed by atoms with Gasteiger partial charge in [-0.2, -0.15) is 13.2 Å². The molecule has 0 radical (unpaired) electrons. The third-order valence-electron chi connectivity index (χ3n) is 2.62. The topological polar surface area (TPSA) is 69.6 Å². The molecule has 0 aliphatic heterocycles. The van der Waals surface area contributed by atoms with Crippen LogP contribution >= 0.6 is 0 Å². The molecule has 2 amide bonds. The Bertz CT molecular complexity index is 491. The van der Waals surface area contributed by atoms with Crippen LogP contribution in [0.3, 0.4) is 0 Å². The minimum atomic E-state index is -4.66. The molecule has 0 bridgehead atoms. The molecule has 1 aromatic rings. The number of hydrogen-bond acceptors (Lipinski definition) is 2. The van der Waals surface area contributed by atoms with Gasteiger partial charge in [-0.3, -0.25) is 4.79 Å². The molecular formula is C13H15F3N2O3. The lowest BCUT2D eigenvalue weighted by molar-refractivity contribution is -0.149. The Morgan fingerprint density at radius 1 is 1.29 bits per heavy atom. The van der Waals surface area contributed by atoms with Crippen LogP contribution < -0.4 is 5.32 Å². The molecule has 0 spiro atoms. The monoisotopic (exact) mass is 304 g/mol. The van der Waals surface area contributed by atoms with Crippen molar-refractivity contribution >= 4 is 12.0 Å². The molecule has 0 aliphatic rings. The van der Waals surface area contributed by atoms with Gasteiger partial charge in [-0.15, -0.1) is 0 Å². The second-order valence-corrected chi connectivity index (χ2v) is 4.45. The van der Waals surface area contributed by atoms with Gasteiger partial charge in [0, 0.05) is 0 Å². The Hall–Kier alpha value is -2.25. The van der Waals surface area contributed by atoms with Gasteiger partial charge in [0.05, 0.1) is 6.04 Å². The molecule has 2 N–H and O–H groups in total. The maximum atomic E-state index is 12.4. The maximum absolute atomic E-state index is 12.4. The van der Waals surface area contributed by atoms with E-state index < -0.39 is 37.3 Å². The van der Waals surface area contributed by atoms with E-state index in [2.05, 4.69) is 5.32 Å². The first kappa shape index (κ1) is 16.8. The van der Waals surface area contributed by atoms with Gasteiger partial charge in [0.2, 0.25) is 0 Å². The Morgan fingerprint density at radius 3 is 2.33 bits per heavy atom. The molecule has 0 heterocycles. The van der Waals surface area contributed by atoms with Crippen LogP contribution in [0.1, 0.15) is 18.5 Å². The van der Waals surface area contributed by atoms with Gasteiger partial charge in [-0.25, -0.2) is 4.79 Å². The summed E-state index contributed by atoms with van der Waals surface area (Å²) in [5, 5.41) is 10.9. The highest BCUT2D eigenvalue weighted by Gasteiger charge is 2.34. The van der Waals surface area contributed by atoms with Crippen molar-refractivity contribution in [2.45, 2.75) is 19.1 Å². The summed E-state index contributed by atoms with van der Waals surface area (Å²) in [6.07, 6.45) is -4.66. The summed E-state index contributed by atoms with van der Waals surface area (Å²) >= 11 is 0. The fourth-order valence-corrected chi connectivity index (χ4v) is 1.68. The number of urea groups is 1. The molecule has 0 saturated carbocycles. The van der Waals surface area contributed by atoms with E-state index in [9.17, 15) is 22.8 Å². The van der Waals surface area contributed by atoms with Gasteiger partial charge in [0.15, 0.2) is 0 Å². The number of amides is 2. The number of carboxylic acids is 1. The van der Waals surface area contributed by atoms with Gasteiger partial charge in [0.1, 0.15) is 13.1 Å². The van der Waals surface area contributed by atoms with Gasteiger partial charge in [-0.05, 0) is 12.5 Å². The molecular weight excluding hydrogens is 289 g/mol. The maximum Gasteiger partial charge on any atom is 0.406 e. The first-order valence-electron chi connectivity index (χ1n) is 6.08. The summed E-state index contributed by atoms with van der Waals surface area (Å²) in [6.45, 7) is -1.04. The third-order valence-corrected chi connectivity index (χ3v) is 2.62. The standard InChI is InChI=1S/C13H15F3N2O3/c1-9(10-5-3-2-4-6-10)17-12(21)18(7-11(19)20)8-13(14,15)16/h2-6,9H,7-8H2,1H3,(H,17,21)(H,19,20). The highest BCUT2D eigenvalue weighted by Crippen LogP contribution is 2.17. The third kappa shape index (κ3) is 6.15. The highest BCUT2D eigenvalue weighted by molar-refractivity contribution is 5.80. The van der Waals surface area contributed by atoms with Crippen LogP contribution in [-0.4, -0.2) is 41.3 Å². The first-order chi connectivity index (χ1) is 9.69. The summed E-state index contributed by atoms with van der Waals surface area (Å²) in [6, 6.07) is 7.00. The number of hydrogen-bond donors (Lipinski definition) is 2. The summed E-state index contributed by atoms with van der Waals surface area (Å²) in [5.41, 5.74) is 0.702. The number of carboxylic acid groups (broad SMARTS) is 1. The Balaban J connectivity index is 2.74. The number of carbonyl (C=O) groups excluding carboxylic acids is 1. The van der Waals surface area contributed by atoms with Crippen LogP contribution in [0.4, 0.5) is 18.0 Å². The lowest BCUT2D eigenvalue weighted by atomic mass is 10.1. The summed E-state index contributed by atoms with van der Waals surface area (Å²) in [7, 11) is 0. The number of alkyl halides is 3. The van der Waals surface area contributed by atoms with E-state index in [1.807, 2.05) is 0 Å². The van der Waals surface area contributed by atoms with E-state index in [4.69, 9.17) is 5.11 Å². The highest BCUT2D eigenvalue weighted by atomic mass is 19.4. The number of aliphatic carboxylic acids is 1. The predicted molar refractivity (Wildman–Crippen MR) is 68.7 cm³/mol. The van der Waals surface area contributed by atoms with E-state index >= 15 is 0 Å². The summed E-state index contributed by atoms with van der Waals surface area (Å²) in [4.78, 5) is 22.6. The normalized spacial score (nSPS) is 12.6. The molecule has 1 atom stereocenters. The van der Waals surface area contributed by atoms with Crippen LogP contribution in [0.25, 0.3) is 0 Å². The second-order valence-electron chi connectivity index (χ2n) is 4.45. The van der Waals surface area contributed by atoms with E-state index in [0.717, 1.165) is 0 Å². The lowest BCUT2D eigenvalue weighted by Crippen LogP contribution is -2.47. The van der Waals surface area contributed by atoms with Gasteiger partial charge >= 0.3 is 18.2 Å². The van der Waals surface area contributed by atoms with Crippen molar-refractivity contribution in [1.82, 2.24) is 10.2 Å². The number of nitrogens with one attached hydrogen (secondary N) is 1. The van der Waals surface area contributed by atoms with Crippen LogP contribution in [0.2, 0.25) is 0 Å². The Kier molecular flexibility index (Phi) is 5.57. The number of nitrogens with zero attached hydrogens (tertiary/aromatic N) is 1. The molecule has 0 aliphatic carbocycles. The minimum absolute atomic E-state index is 0.210. The van der Waals surface area contributed by atoms with E-state index in [1.54, 1.807) is 37.3 Å². The average molecular weight is 304 g/mol. The molecule has 1 rings (SSSR count). The Labute approximate surface area is 119 Å². The number of benzene rings is 1. The average Bonchev–Trinajstić information content (AvgIpc) is 2.36. The molecule has 8 heteroatoms. The van der Waals surface area contributed by atoms with E-state index in [1.165, 1.54) is 0 Å². The van der Waals surface area contributed by atoms with Gasteiger partial charge in [-0.1, -0.05) is 30.3 Å². The van der Waals surface area contributed by atoms with Crippen LogP contribution in [0, 0.1) is 0 Å². The molecule has 1 unspecified atom stereocenters. The SMILES string of the molecule is CC(NC(=O)N(CC(=O)O)CC(F)(F)F)c1ccccc1. The smallest absolute Gasteiger partial charge is 0.406 e. The van der Waals surface area contributed by atoms with Crippen molar-refractivity contribution in [1.29, 1.82) is 0 Å². The van der Waals surface area contributed by atoms with Gasteiger partial charge < -0.3 is 15.3 Å². The molecule has 0 fully saturated rings. The van der Waals surface area contributed by atoms with E-state index in [0.29, 0.717) is 5.56 Å². The second kappa shape index (κ2) is 6.96. The predicted octanol–water partition coefficient (Wildman–Crippen LogP) is 2.41. The fourth-order valence-electron chi connectivity index (χ4n) is 1.68. The zero-order chi connectivity index (χ0) is 16.0. The van der Waals surface area contributed by atoms with E-state index in [-0.39, 0.29) is 4.90 Å². The zero-order valence-electron chi connectivity index (χ0n) is 11.2. The molecule has 1 aromatic carbocycles. The lowest BCUT2D eigenvalue weighted by Gasteiger charge is -2.24. The number of halogens is 3. The van der Waals surface area contributed by atoms with Crippen LogP contribution in [-0.2, 0) is 4.79 Å². The molecule has 0 saturated heterocycles. The van der Waals surface area contributed by atoms with Crippen LogP contribution in [0.15, 0.2) is 30.3 Å². The summed E-state index contributed by atoms with van der Waals surface area (Å²) in [5.74, 6) is -1.51. The first-order valence-corrected chi connectivity index (χ1v) is 6.08. The van der Waals surface area contributed by atoms with Gasteiger partial charge in [0.25, 0.3) is 0 Å². The number of carbonyl (C=O) groups is 2. The van der Waals surface area contributed by atoms with Crippen molar-refractivity contribution in [2.75, 3.05) is 13.1 Å². The van der Waals surface area contributed by atoms with Crippen LogP contribution in [0.5, 0.6) is 0 Å². The van der Waals surface area contributed by atoms with Crippen molar-refractivity contribution in [3.8, 4) is 0 Å². The number of rotatable bonds is 5. The largest absolute Gasteiger partial charge is 0.480 e. The molecule has 5 nitrogen and oxygen atoms in total. The minimum Gasteiger partial charge on any atom is -0.480 e. The molecule has 21 heavy (non-hydrogen) atoms.